The van der Waals surface area contributed by atoms with Gasteiger partial charge in [0, 0.05) is 28.7 Å². The Kier molecular flexibility index (Phi) is 7.48. The molecule has 2 heterocycles. The third-order valence-electron chi connectivity index (χ3n) is 6.50. The van der Waals surface area contributed by atoms with Crippen LogP contribution in [-0.2, 0) is 13.1 Å². The molecule has 1 atom stereocenters. The number of alkyl halides is 3. The highest BCUT2D eigenvalue weighted by Crippen LogP contribution is 2.35. The van der Waals surface area contributed by atoms with Gasteiger partial charge in [0.1, 0.15) is 6.34 Å². The number of hydrogen-bond donors (Lipinski definition) is 2. The van der Waals surface area contributed by atoms with Crippen molar-refractivity contribution in [2.45, 2.75) is 65.6 Å². The van der Waals surface area contributed by atoms with Crippen LogP contribution in [0.4, 0.5) is 23.7 Å². The molecule has 39 heavy (non-hydrogen) atoms. The molecule has 2 N–H and O–H groups in total. The van der Waals surface area contributed by atoms with Crippen molar-refractivity contribution in [3.05, 3.63) is 64.6 Å². The molecule has 8 nitrogen and oxygen atoms in total. The molecule has 2 aromatic carbocycles. The van der Waals surface area contributed by atoms with E-state index in [1.54, 1.807) is 43.5 Å². The maximum absolute atomic E-state index is 13.9. The number of pyridine rings is 1. The van der Waals surface area contributed by atoms with E-state index in [-0.39, 0.29) is 18.0 Å². The minimum Gasteiger partial charge on any atom is -0.465 e. The van der Waals surface area contributed by atoms with Crippen LogP contribution < -0.4 is 16.0 Å². The van der Waals surface area contributed by atoms with E-state index in [0.717, 1.165) is 11.9 Å². The largest absolute Gasteiger partial charge is 0.465 e. The van der Waals surface area contributed by atoms with Crippen LogP contribution in [0.3, 0.4) is 0 Å². The van der Waals surface area contributed by atoms with Crippen LogP contribution in [0.2, 0.25) is 0 Å². The van der Waals surface area contributed by atoms with Gasteiger partial charge >= 0.3 is 12.3 Å². The molecule has 0 spiro atoms. The van der Waals surface area contributed by atoms with Crippen LogP contribution in [0.1, 0.15) is 40.3 Å². The van der Waals surface area contributed by atoms with E-state index in [2.05, 4.69) is 10.4 Å². The van der Waals surface area contributed by atoms with Crippen LogP contribution in [0.5, 0.6) is 0 Å². The Labute approximate surface area is 224 Å². The Bertz CT molecular complexity index is 1460. The molecular weight excluding hydrogens is 511 g/mol. The Morgan fingerprint density at radius 2 is 1.77 bits per heavy atom. The normalized spacial score (nSPS) is 15.9. The number of aliphatic imine (C=N–C) groups is 1. The summed E-state index contributed by atoms with van der Waals surface area (Å²) in [4.78, 5) is 31.0. The predicted molar refractivity (Wildman–Crippen MR) is 146 cm³/mol. The summed E-state index contributed by atoms with van der Waals surface area (Å²) in [6.07, 6.45) is -6.71. The summed E-state index contributed by atoms with van der Waals surface area (Å²) >= 11 is 0. The van der Waals surface area contributed by atoms with E-state index in [9.17, 15) is 27.9 Å². The third kappa shape index (κ3) is 5.78. The molecule has 1 aromatic heterocycles. The van der Waals surface area contributed by atoms with Crippen LogP contribution in [0, 0.1) is 5.92 Å². The van der Waals surface area contributed by atoms with Crippen molar-refractivity contribution in [1.82, 2.24) is 14.9 Å². The molecule has 3 aromatic rings. The minimum atomic E-state index is -4.57. The lowest BCUT2D eigenvalue weighted by Gasteiger charge is -2.35. The van der Waals surface area contributed by atoms with Gasteiger partial charge in [0.25, 0.3) is 5.56 Å². The Morgan fingerprint density at radius 3 is 2.31 bits per heavy atom. The number of carboxylic acid groups (broad SMARTS) is 1. The van der Waals surface area contributed by atoms with Crippen molar-refractivity contribution in [2.24, 2.45) is 10.9 Å². The van der Waals surface area contributed by atoms with Gasteiger partial charge in [0.2, 0.25) is 6.17 Å². The van der Waals surface area contributed by atoms with E-state index in [0.29, 0.717) is 34.3 Å². The average Bonchev–Trinajstić information content (AvgIpc) is 3.35. The maximum Gasteiger partial charge on any atom is 0.425 e. The lowest BCUT2D eigenvalue weighted by molar-refractivity contribution is -0.151. The fourth-order valence-electron chi connectivity index (χ4n) is 4.66. The number of amides is 1. The zero-order chi connectivity index (χ0) is 28.7. The highest BCUT2D eigenvalue weighted by molar-refractivity contribution is 6.00. The Morgan fingerprint density at radius 1 is 1.10 bits per heavy atom. The summed E-state index contributed by atoms with van der Waals surface area (Å²) in [6, 6.07) is 14.1. The zero-order valence-electron chi connectivity index (χ0n) is 22.5. The van der Waals surface area contributed by atoms with Crippen molar-refractivity contribution in [2.75, 3.05) is 5.01 Å². The number of halogens is 3. The SMILES string of the molecule is CC(C)Cn1c(CN(C(=O)O)C(C)(C)C)c(-c2ccccc2)c2cc(N3C=NC(C(F)(F)F)N3)ccc2c1=O. The van der Waals surface area contributed by atoms with Crippen LogP contribution >= 0.6 is 0 Å². The average molecular weight is 544 g/mol. The molecular formula is C28H32F3N5O3. The first-order valence-electron chi connectivity index (χ1n) is 12.6. The maximum atomic E-state index is 13.9. The summed E-state index contributed by atoms with van der Waals surface area (Å²) in [6.45, 7) is 9.58. The number of aromatic nitrogens is 1. The number of hydrazine groups is 1. The minimum absolute atomic E-state index is 0.0647. The van der Waals surface area contributed by atoms with E-state index in [1.807, 2.05) is 44.2 Å². The summed E-state index contributed by atoms with van der Waals surface area (Å²) in [5.74, 6) is 0.0824. The van der Waals surface area contributed by atoms with Gasteiger partial charge in [-0.1, -0.05) is 44.2 Å². The van der Waals surface area contributed by atoms with Gasteiger partial charge in [-0.05, 0) is 55.8 Å². The number of hydrogen-bond acceptors (Lipinski definition) is 5. The number of nitrogens with zero attached hydrogens (tertiary/aromatic N) is 4. The number of carbonyl (C=O) groups is 1. The number of fused-ring (bicyclic) bond motifs is 1. The summed E-state index contributed by atoms with van der Waals surface area (Å²) in [5, 5.41) is 12.1. The summed E-state index contributed by atoms with van der Waals surface area (Å²) in [7, 11) is 0. The van der Waals surface area contributed by atoms with Gasteiger partial charge in [-0.3, -0.25) is 14.7 Å². The molecule has 0 saturated heterocycles. The van der Waals surface area contributed by atoms with Crippen molar-refractivity contribution in [3.8, 4) is 11.1 Å². The van der Waals surface area contributed by atoms with Crippen LogP contribution in [0.15, 0.2) is 58.3 Å². The smallest absolute Gasteiger partial charge is 0.425 e. The van der Waals surface area contributed by atoms with Gasteiger partial charge in [-0.2, -0.15) is 18.6 Å². The third-order valence-corrected chi connectivity index (χ3v) is 6.50. The second-order valence-corrected chi connectivity index (χ2v) is 11.0. The van der Waals surface area contributed by atoms with E-state index in [1.165, 1.54) is 9.91 Å². The molecule has 4 rings (SSSR count). The number of anilines is 1. The Balaban J connectivity index is 2.02. The lowest BCUT2D eigenvalue weighted by atomic mass is 9.94. The van der Waals surface area contributed by atoms with E-state index < -0.39 is 24.0 Å². The van der Waals surface area contributed by atoms with Crippen molar-refractivity contribution in [3.63, 3.8) is 0 Å². The number of nitrogens with one attached hydrogen (secondary N) is 1. The zero-order valence-corrected chi connectivity index (χ0v) is 22.5. The lowest BCUT2D eigenvalue weighted by Crippen LogP contribution is -2.45. The Hall–Kier alpha value is -3.86. The predicted octanol–water partition coefficient (Wildman–Crippen LogP) is 5.84. The van der Waals surface area contributed by atoms with Crippen molar-refractivity contribution in [1.29, 1.82) is 0 Å². The summed E-state index contributed by atoms with van der Waals surface area (Å²) < 4.78 is 41.3. The van der Waals surface area contributed by atoms with Gasteiger partial charge < -0.3 is 9.67 Å². The van der Waals surface area contributed by atoms with Gasteiger partial charge in [-0.25, -0.2) is 9.79 Å². The quantitative estimate of drug-likeness (QED) is 0.408. The molecule has 1 aliphatic rings. The molecule has 1 aliphatic heterocycles. The first kappa shape index (κ1) is 28.2. The van der Waals surface area contributed by atoms with Gasteiger partial charge in [-0.15, -0.1) is 0 Å². The van der Waals surface area contributed by atoms with Gasteiger partial charge in [0.15, 0.2) is 0 Å². The molecule has 11 heteroatoms. The second kappa shape index (κ2) is 10.4. The van der Waals surface area contributed by atoms with Gasteiger partial charge in [0.05, 0.1) is 12.2 Å². The number of benzene rings is 2. The fourth-order valence-corrected chi connectivity index (χ4v) is 4.66. The first-order valence-corrected chi connectivity index (χ1v) is 12.6. The second-order valence-electron chi connectivity index (χ2n) is 11.0. The van der Waals surface area contributed by atoms with Crippen molar-refractivity contribution >= 4 is 28.9 Å². The molecule has 208 valence electrons. The topological polar surface area (TPSA) is 90.2 Å². The fraction of sp³-hybridized carbons (Fsp3) is 0.393. The molecule has 1 unspecified atom stereocenters. The molecule has 0 saturated carbocycles. The highest BCUT2D eigenvalue weighted by atomic mass is 19.4. The molecule has 1 amide bonds. The van der Waals surface area contributed by atoms with E-state index >= 15 is 0 Å². The summed E-state index contributed by atoms with van der Waals surface area (Å²) in [5.41, 5.74) is 3.52. The van der Waals surface area contributed by atoms with Crippen LogP contribution in [0.25, 0.3) is 21.9 Å². The van der Waals surface area contributed by atoms with Crippen molar-refractivity contribution < 1.29 is 23.1 Å². The molecule has 0 bridgehead atoms. The highest BCUT2D eigenvalue weighted by Gasteiger charge is 2.43. The first-order chi connectivity index (χ1) is 18.2. The van der Waals surface area contributed by atoms with Crippen LogP contribution in [-0.4, -0.2) is 44.9 Å². The molecule has 0 radical (unpaired) electrons. The number of rotatable bonds is 6. The van der Waals surface area contributed by atoms with E-state index in [4.69, 9.17) is 0 Å². The molecule has 0 aliphatic carbocycles. The standard InChI is InChI=1S/C28H32F3N5O3/c1-17(2)14-34-22(15-35(26(38)39)27(3,4)5)23(18-9-7-6-8-10-18)21-13-19(11-12-20(21)24(34)37)36-16-32-25(33-36)28(29,30)31/h6-13,16-17,25,33H,14-15H2,1-5H3,(H,38,39). The monoisotopic (exact) mass is 543 g/mol. The molecule has 0 fully saturated rings.